The van der Waals surface area contributed by atoms with Crippen molar-refractivity contribution in [2.75, 3.05) is 0 Å². The van der Waals surface area contributed by atoms with Gasteiger partial charge in [0.1, 0.15) is 0 Å². The van der Waals surface area contributed by atoms with Gasteiger partial charge in [0.2, 0.25) is 19.7 Å². The summed E-state index contributed by atoms with van der Waals surface area (Å²) in [6.45, 7) is 0. The smallest absolute Gasteiger partial charge is 0.294 e. The lowest BCUT2D eigenvalue weighted by molar-refractivity contribution is 0.0960. The Labute approximate surface area is 220 Å². The molecule has 4 rings (SSSR count). The van der Waals surface area contributed by atoms with Crippen LogP contribution in [0.15, 0.2) is 125 Å². The summed E-state index contributed by atoms with van der Waals surface area (Å²) in [4.78, 5) is 12.2. The van der Waals surface area contributed by atoms with Gasteiger partial charge in [-0.05, 0) is 42.0 Å². The SMILES string of the molecule is O=C(C[C@@H](c1ccc(Cl)cc1)C(F)(S(=O)(=O)c1ccccc1)S(=O)(=O)c1ccccc1)c1ccccc1. The maximum atomic E-state index is 17.7. The van der Waals surface area contributed by atoms with E-state index in [0.29, 0.717) is 0 Å². The van der Waals surface area contributed by atoms with Crippen LogP contribution in [-0.4, -0.2) is 27.0 Å². The average molecular weight is 557 g/mol. The summed E-state index contributed by atoms with van der Waals surface area (Å²) >= 11 is 6.01. The molecule has 0 aliphatic rings. The fraction of sp³-hybridized carbons (Fsp3) is 0.107. The zero-order valence-corrected chi connectivity index (χ0v) is 21.8. The van der Waals surface area contributed by atoms with Crippen molar-refractivity contribution in [1.82, 2.24) is 0 Å². The first-order valence-electron chi connectivity index (χ1n) is 11.2. The number of Topliss-reactive ketones (excluding diaryl/α,β-unsaturated/α-hetero) is 1. The molecule has 0 bridgehead atoms. The number of alkyl halides is 1. The van der Waals surface area contributed by atoms with Crippen molar-refractivity contribution in [3.05, 3.63) is 131 Å². The molecule has 0 radical (unpaired) electrons. The predicted molar refractivity (Wildman–Crippen MR) is 141 cm³/mol. The van der Waals surface area contributed by atoms with Crippen LogP contribution in [0.2, 0.25) is 5.02 Å². The van der Waals surface area contributed by atoms with Crippen LogP contribution in [0.1, 0.15) is 28.3 Å². The predicted octanol–water partition coefficient (Wildman–Crippen LogP) is 6.27. The molecule has 0 aromatic heterocycles. The van der Waals surface area contributed by atoms with Crippen LogP contribution in [0.3, 0.4) is 0 Å². The third-order valence-electron chi connectivity index (χ3n) is 6.01. The zero-order valence-electron chi connectivity index (χ0n) is 19.4. The van der Waals surface area contributed by atoms with Gasteiger partial charge in [0.25, 0.3) is 0 Å². The van der Waals surface area contributed by atoms with E-state index in [1.807, 2.05) is 0 Å². The van der Waals surface area contributed by atoms with Crippen LogP contribution in [0, 0.1) is 0 Å². The molecule has 0 aliphatic carbocycles. The summed E-state index contributed by atoms with van der Waals surface area (Å²) in [5.74, 6) is -2.54. The van der Waals surface area contributed by atoms with Crippen molar-refractivity contribution in [2.45, 2.75) is 26.5 Å². The normalized spacial score (nSPS) is 13.1. The van der Waals surface area contributed by atoms with Crippen LogP contribution >= 0.6 is 11.6 Å². The molecule has 37 heavy (non-hydrogen) atoms. The van der Waals surface area contributed by atoms with Gasteiger partial charge >= 0.3 is 4.33 Å². The molecule has 0 saturated heterocycles. The van der Waals surface area contributed by atoms with Gasteiger partial charge in [0.05, 0.1) is 15.7 Å². The summed E-state index contributed by atoms with van der Waals surface area (Å²) in [6, 6.07) is 26.4. The summed E-state index contributed by atoms with van der Waals surface area (Å²) in [5, 5.41) is 0.276. The van der Waals surface area contributed by atoms with Gasteiger partial charge in [0, 0.05) is 17.0 Å². The molecule has 190 valence electrons. The number of ketones is 1. The van der Waals surface area contributed by atoms with E-state index >= 15 is 4.39 Å². The monoisotopic (exact) mass is 556 g/mol. The first-order chi connectivity index (χ1) is 17.6. The molecule has 1 atom stereocenters. The molecule has 0 saturated carbocycles. The standard InChI is InChI=1S/C28H22ClFO5S2/c29-23-18-16-21(17-19-23)26(20-27(31)22-10-4-1-5-11-22)28(30,36(32,33)24-12-6-2-7-13-24)37(34,35)25-14-8-3-9-15-25/h1-19,26H,20H2/t26-/m0/s1. The molecule has 0 unspecified atom stereocenters. The first-order valence-corrected chi connectivity index (χ1v) is 14.6. The Morgan fingerprint density at radius 1 is 0.676 bits per heavy atom. The zero-order chi connectivity index (χ0) is 26.7. The first kappa shape index (κ1) is 26.7. The molecule has 0 aliphatic heterocycles. The maximum absolute atomic E-state index is 17.7. The molecule has 0 amide bonds. The highest BCUT2D eigenvalue weighted by Gasteiger charge is 2.63. The molecular formula is C28H22ClFO5S2. The maximum Gasteiger partial charge on any atom is 0.324 e. The average Bonchev–Trinajstić information content (AvgIpc) is 2.93. The van der Waals surface area contributed by atoms with Gasteiger partial charge in [0.15, 0.2) is 5.78 Å². The molecule has 0 N–H and O–H groups in total. The van der Waals surface area contributed by atoms with E-state index in [0.717, 1.165) is 24.3 Å². The summed E-state index contributed by atoms with van der Waals surface area (Å²) < 4.78 is 69.7. The van der Waals surface area contributed by atoms with Crippen molar-refractivity contribution in [1.29, 1.82) is 0 Å². The van der Waals surface area contributed by atoms with Crippen LogP contribution in [0.4, 0.5) is 4.39 Å². The van der Waals surface area contributed by atoms with E-state index in [4.69, 9.17) is 11.6 Å². The fourth-order valence-electron chi connectivity index (χ4n) is 4.10. The molecule has 4 aromatic rings. The van der Waals surface area contributed by atoms with E-state index in [1.165, 1.54) is 72.8 Å². The van der Waals surface area contributed by atoms with Crippen molar-refractivity contribution in [3.8, 4) is 0 Å². The van der Waals surface area contributed by atoms with Crippen molar-refractivity contribution < 1.29 is 26.0 Å². The molecule has 5 nitrogen and oxygen atoms in total. The van der Waals surface area contributed by atoms with Gasteiger partial charge in [-0.25, -0.2) is 21.2 Å². The Morgan fingerprint density at radius 3 is 1.51 bits per heavy atom. The minimum atomic E-state index is -5.23. The molecule has 9 heteroatoms. The van der Waals surface area contributed by atoms with Crippen molar-refractivity contribution in [2.24, 2.45) is 0 Å². The minimum Gasteiger partial charge on any atom is -0.294 e. The van der Waals surface area contributed by atoms with E-state index in [-0.39, 0.29) is 16.1 Å². The molecule has 0 heterocycles. The number of benzene rings is 4. The third kappa shape index (κ3) is 4.97. The third-order valence-corrected chi connectivity index (χ3v) is 11.4. The van der Waals surface area contributed by atoms with Gasteiger partial charge in [-0.3, -0.25) is 4.79 Å². The minimum absolute atomic E-state index is 0.00445. The number of carbonyl (C=O) groups is 1. The molecule has 0 fully saturated rings. The summed E-state index contributed by atoms with van der Waals surface area (Å²) in [5.41, 5.74) is 0.188. The van der Waals surface area contributed by atoms with E-state index in [1.54, 1.807) is 18.2 Å². The summed E-state index contributed by atoms with van der Waals surface area (Å²) in [7, 11) is -10.5. The largest absolute Gasteiger partial charge is 0.324 e. The second-order valence-electron chi connectivity index (χ2n) is 8.31. The lowest BCUT2D eigenvalue weighted by atomic mass is 9.92. The Bertz CT molecular complexity index is 1520. The number of hydrogen-bond acceptors (Lipinski definition) is 5. The van der Waals surface area contributed by atoms with Crippen LogP contribution in [-0.2, 0) is 19.7 Å². The van der Waals surface area contributed by atoms with Gasteiger partial charge in [-0.2, -0.15) is 0 Å². The van der Waals surface area contributed by atoms with E-state index in [2.05, 4.69) is 0 Å². The van der Waals surface area contributed by atoms with Crippen molar-refractivity contribution in [3.63, 3.8) is 0 Å². The van der Waals surface area contributed by atoms with Crippen LogP contribution in [0.25, 0.3) is 0 Å². The summed E-state index contributed by atoms with van der Waals surface area (Å²) in [6.07, 6.45) is -0.736. The quantitative estimate of drug-likeness (QED) is 0.227. The van der Waals surface area contributed by atoms with E-state index in [9.17, 15) is 21.6 Å². The molecule has 0 spiro atoms. The Kier molecular flexibility index (Phi) is 7.64. The molecular weight excluding hydrogens is 535 g/mol. The van der Waals surface area contributed by atoms with Gasteiger partial charge in [-0.1, -0.05) is 90.5 Å². The van der Waals surface area contributed by atoms with Crippen LogP contribution < -0.4 is 0 Å². The van der Waals surface area contributed by atoms with E-state index < -0.39 is 51.9 Å². The van der Waals surface area contributed by atoms with Gasteiger partial charge in [-0.15, -0.1) is 0 Å². The number of carbonyl (C=O) groups excluding carboxylic acids is 1. The number of sulfone groups is 2. The Morgan fingerprint density at radius 2 is 1.08 bits per heavy atom. The highest BCUT2D eigenvalue weighted by atomic mass is 35.5. The lowest BCUT2D eigenvalue weighted by Gasteiger charge is -2.33. The number of halogens is 2. The van der Waals surface area contributed by atoms with Gasteiger partial charge < -0.3 is 0 Å². The fourth-order valence-corrected chi connectivity index (χ4v) is 8.82. The second kappa shape index (κ2) is 10.6. The second-order valence-corrected chi connectivity index (χ2v) is 13.2. The lowest BCUT2D eigenvalue weighted by Crippen LogP contribution is -2.48. The Balaban J connectivity index is 2.02. The Hall–Kier alpha value is -3.33. The highest BCUT2D eigenvalue weighted by Crippen LogP contribution is 2.49. The highest BCUT2D eigenvalue weighted by molar-refractivity contribution is 8.10. The number of hydrogen-bond donors (Lipinski definition) is 0. The number of rotatable bonds is 9. The van der Waals surface area contributed by atoms with Crippen molar-refractivity contribution >= 4 is 37.1 Å². The topological polar surface area (TPSA) is 85.3 Å². The molecule has 4 aromatic carbocycles. The van der Waals surface area contributed by atoms with Crippen LogP contribution in [0.5, 0.6) is 0 Å².